The van der Waals surface area contributed by atoms with Crippen LogP contribution in [-0.4, -0.2) is 19.0 Å². The third-order valence-electron chi connectivity index (χ3n) is 3.49. The van der Waals surface area contributed by atoms with Crippen LogP contribution in [0.15, 0.2) is 48.5 Å². The van der Waals surface area contributed by atoms with Gasteiger partial charge in [0, 0.05) is 6.92 Å². The molecule has 0 aliphatic carbocycles. The molecule has 1 atom stereocenters. The fraction of sp³-hybridized carbons (Fsp3) is 0.263. The van der Waals surface area contributed by atoms with Gasteiger partial charge in [-0.3, -0.25) is 4.79 Å². The summed E-state index contributed by atoms with van der Waals surface area (Å²) in [5.74, 6) is 0.00514. The maximum atomic E-state index is 12.1. The first kappa shape index (κ1) is 17.5. The monoisotopic (exact) mass is 328 g/mol. The van der Waals surface area contributed by atoms with Crippen molar-refractivity contribution in [2.75, 3.05) is 7.11 Å². The molecule has 0 aromatic heterocycles. The molecule has 0 amide bonds. The van der Waals surface area contributed by atoms with Crippen LogP contribution in [0.3, 0.4) is 0 Å². The first-order chi connectivity index (χ1) is 11.5. The highest BCUT2D eigenvalue weighted by molar-refractivity contribution is 5.89. The van der Waals surface area contributed by atoms with Crippen molar-refractivity contribution in [3.05, 3.63) is 65.2 Å². The van der Waals surface area contributed by atoms with Gasteiger partial charge in [-0.2, -0.15) is 0 Å². The van der Waals surface area contributed by atoms with Crippen LogP contribution in [0.5, 0.6) is 5.75 Å². The minimum Gasteiger partial charge on any atom is -0.497 e. The molecule has 0 N–H and O–H groups in total. The van der Waals surface area contributed by atoms with Crippen LogP contribution in [0.4, 0.5) is 0 Å². The van der Waals surface area contributed by atoms with Gasteiger partial charge in [0.15, 0.2) is 0 Å². The Bertz CT molecular complexity index is 689. The minimum absolute atomic E-state index is 0.189. The zero-order chi connectivity index (χ0) is 17.5. The van der Waals surface area contributed by atoms with Crippen molar-refractivity contribution in [1.82, 2.24) is 0 Å². The van der Waals surface area contributed by atoms with Gasteiger partial charge in [-0.1, -0.05) is 24.3 Å². The number of hydrogen-bond acceptors (Lipinski definition) is 5. The molecule has 24 heavy (non-hydrogen) atoms. The minimum atomic E-state index is -0.405. The van der Waals surface area contributed by atoms with Crippen LogP contribution in [0.2, 0.25) is 0 Å². The maximum Gasteiger partial charge on any atom is 0.338 e. The quantitative estimate of drug-likeness (QED) is 0.757. The number of esters is 2. The summed E-state index contributed by atoms with van der Waals surface area (Å²) in [7, 11) is 1.60. The van der Waals surface area contributed by atoms with Gasteiger partial charge in [-0.05, 0) is 42.3 Å². The van der Waals surface area contributed by atoms with Gasteiger partial charge in [-0.15, -0.1) is 0 Å². The zero-order valence-corrected chi connectivity index (χ0v) is 13.9. The van der Waals surface area contributed by atoms with E-state index in [0.717, 1.165) is 16.9 Å². The summed E-state index contributed by atoms with van der Waals surface area (Å²) >= 11 is 0. The lowest BCUT2D eigenvalue weighted by molar-refractivity contribution is -0.145. The van der Waals surface area contributed by atoms with Gasteiger partial charge in [0.2, 0.25) is 0 Å². The van der Waals surface area contributed by atoms with Crippen LogP contribution >= 0.6 is 0 Å². The first-order valence-corrected chi connectivity index (χ1v) is 7.57. The van der Waals surface area contributed by atoms with E-state index in [1.54, 1.807) is 38.3 Å². The summed E-state index contributed by atoms with van der Waals surface area (Å²) < 4.78 is 15.5. The standard InChI is InChI=1S/C19H20O5/c1-13(24-14(2)20)16-6-8-17(9-7-16)19(21)23-12-15-4-10-18(22-3)11-5-15/h4-11,13H,12H2,1-3H3. The van der Waals surface area contributed by atoms with Gasteiger partial charge < -0.3 is 14.2 Å². The van der Waals surface area contributed by atoms with Crippen LogP contribution in [0, 0.1) is 0 Å². The van der Waals surface area contributed by atoms with Crippen molar-refractivity contribution in [1.29, 1.82) is 0 Å². The largest absolute Gasteiger partial charge is 0.497 e. The van der Waals surface area contributed by atoms with Gasteiger partial charge >= 0.3 is 11.9 Å². The molecular formula is C19H20O5. The highest BCUT2D eigenvalue weighted by atomic mass is 16.5. The van der Waals surface area contributed by atoms with E-state index in [4.69, 9.17) is 14.2 Å². The first-order valence-electron chi connectivity index (χ1n) is 7.57. The Labute approximate surface area is 141 Å². The predicted octanol–water partition coefficient (Wildman–Crippen LogP) is 3.68. The molecule has 0 bridgehead atoms. The maximum absolute atomic E-state index is 12.1. The van der Waals surface area contributed by atoms with E-state index in [0.29, 0.717) is 5.56 Å². The third kappa shape index (κ3) is 4.84. The summed E-state index contributed by atoms with van der Waals surface area (Å²) in [6.07, 6.45) is -0.355. The van der Waals surface area contributed by atoms with E-state index in [-0.39, 0.29) is 18.7 Å². The summed E-state index contributed by atoms with van der Waals surface area (Å²) in [5, 5.41) is 0. The van der Waals surface area contributed by atoms with Gasteiger partial charge in [0.1, 0.15) is 18.5 Å². The van der Waals surface area contributed by atoms with Crippen molar-refractivity contribution in [2.24, 2.45) is 0 Å². The molecule has 0 spiro atoms. The van der Waals surface area contributed by atoms with E-state index in [1.807, 2.05) is 24.3 Å². The molecule has 5 heteroatoms. The van der Waals surface area contributed by atoms with Crippen molar-refractivity contribution in [3.63, 3.8) is 0 Å². The number of rotatable bonds is 6. The second-order valence-electron chi connectivity index (χ2n) is 5.30. The molecule has 2 rings (SSSR count). The van der Waals surface area contributed by atoms with Crippen molar-refractivity contribution in [3.8, 4) is 5.75 Å². The van der Waals surface area contributed by atoms with Crippen LogP contribution in [-0.2, 0) is 20.9 Å². The van der Waals surface area contributed by atoms with Crippen LogP contribution in [0.25, 0.3) is 0 Å². The van der Waals surface area contributed by atoms with Gasteiger partial charge in [-0.25, -0.2) is 4.79 Å². The number of carbonyl (C=O) groups excluding carboxylic acids is 2. The lowest BCUT2D eigenvalue weighted by Gasteiger charge is -2.12. The Balaban J connectivity index is 1.93. The topological polar surface area (TPSA) is 61.8 Å². The smallest absolute Gasteiger partial charge is 0.338 e. The highest BCUT2D eigenvalue weighted by Crippen LogP contribution is 2.18. The second kappa shape index (κ2) is 8.15. The summed E-state index contributed by atoms with van der Waals surface area (Å²) in [5.41, 5.74) is 2.14. The SMILES string of the molecule is COc1ccc(COC(=O)c2ccc(C(C)OC(C)=O)cc2)cc1. The fourth-order valence-corrected chi connectivity index (χ4v) is 2.16. The average molecular weight is 328 g/mol. The van der Waals surface area contributed by atoms with Crippen molar-refractivity contribution < 1.29 is 23.8 Å². The predicted molar refractivity (Wildman–Crippen MR) is 88.7 cm³/mol. The lowest BCUT2D eigenvalue weighted by atomic mass is 10.1. The molecule has 0 heterocycles. The van der Waals surface area contributed by atoms with Gasteiger partial charge in [0.05, 0.1) is 12.7 Å². The van der Waals surface area contributed by atoms with Gasteiger partial charge in [0.25, 0.3) is 0 Å². The number of carbonyl (C=O) groups is 2. The highest BCUT2D eigenvalue weighted by Gasteiger charge is 2.11. The summed E-state index contributed by atoms with van der Waals surface area (Å²) in [4.78, 5) is 23.0. The average Bonchev–Trinajstić information content (AvgIpc) is 2.59. The molecule has 0 aliphatic heterocycles. The molecule has 0 saturated carbocycles. The summed E-state index contributed by atoms with van der Waals surface area (Å²) in [6.45, 7) is 3.33. The van der Waals surface area contributed by atoms with Crippen LogP contribution < -0.4 is 4.74 Å². The normalized spacial score (nSPS) is 11.5. The van der Waals surface area contributed by atoms with E-state index in [2.05, 4.69) is 0 Å². The Morgan fingerprint density at radius 2 is 1.62 bits per heavy atom. The third-order valence-corrected chi connectivity index (χ3v) is 3.49. The van der Waals surface area contributed by atoms with E-state index < -0.39 is 5.97 Å². The second-order valence-corrected chi connectivity index (χ2v) is 5.30. The Morgan fingerprint density at radius 1 is 1.00 bits per heavy atom. The molecule has 0 aliphatic rings. The number of benzene rings is 2. The fourth-order valence-electron chi connectivity index (χ4n) is 2.16. The number of hydrogen-bond donors (Lipinski definition) is 0. The molecule has 0 radical (unpaired) electrons. The molecule has 5 nitrogen and oxygen atoms in total. The number of methoxy groups -OCH3 is 1. The Morgan fingerprint density at radius 3 is 2.17 bits per heavy atom. The van der Waals surface area contributed by atoms with Crippen molar-refractivity contribution >= 4 is 11.9 Å². The lowest BCUT2D eigenvalue weighted by Crippen LogP contribution is -2.07. The molecule has 0 saturated heterocycles. The summed E-state index contributed by atoms with van der Waals surface area (Å²) in [6, 6.07) is 14.1. The van der Waals surface area contributed by atoms with E-state index >= 15 is 0 Å². The number of ether oxygens (including phenoxy) is 3. The Kier molecular flexibility index (Phi) is 5.95. The van der Waals surface area contributed by atoms with E-state index in [1.165, 1.54) is 6.92 Å². The van der Waals surface area contributed by atoms with Crippen LogP contribution in [0.1, 0.15) is 41.4 Å². The zero-order valence-electron chi connectivity index (χ0n) is 13.9. The molecule has 0 fully saturated rings. The molecular weight excluding hydrogens is 308 g/mol. The molecule has 126 valence electrons. The Hall–Kier alpha value is -2.82. The van der Waals surface area contributed by atoms with Crippen molar-refractivity contribution in [2.45, 2.75) is 26.6 Å². The molecule has 2 aromatic rings. The molecule has 1 unspecified atom stereocenters. The van der Waals surface area contributed by atoms with E-state index in [9.17, 15) is 9.59 Å². The molecule has 2 aromatic carbocycles.